The molecule has 0 aliphatic carbocycles. The molecule has 0 atom stereocenters. The molecule has 2 aromatic rings. The highest BCUT2D eigenvalue weighted by atomic mass is 32.2. The lowest BCUT2D eigenvalue weighted by atomic mass is 10.2. The van der Waals surface area contributed by atoms with Gasteiger partial charge >= 0.3 is 0 Å². The first-order chi connectivity index (χ1) is 10.5. The van der Waals surface area contributed by atoms with Crippen LogP contribution in [0.1, 0.15) is 11.1 Å². The molecule has 0 radical (unpaired) electrons. The summed E-state index contributed by atoms with van der Waals surface area (Å²) < 4.78 is 25.8. The molecule has 0 saturated heterocycles. The van der Waals surface area contributed by atoms with Gasteiger partial charge in [0.2, 0.25) is 10.0 Å². The average Bonchev–Trinajstić information content (AvgIpc) is 2.53. The Kier molecular flexibility index (Phi) is 4.75. The summed E-state index contributed by atoms with van der Waals surface area (Å²) in [6.07, 6.45) is 1.58. The summed E-state index contributed by atoms with van der Waals surface area (Å²) in [6.45, 7) is 0.259. The van der Waals surface area contributed by atoms with Crippen molar-refractivity contribution in [2.75, 3.05) is 19.4 Å². The van der Waals surface area contributed by atoms with Gasteiger partial charge in [0.15, 0.2) is 0 Å². The Morgan fingerprint density at radius 3 is 2.64 bits per heavy atom. The van der Waals surface area contributed by atoms with Crippen molar-refractivity contribution in [2.24, 2.45) is 0 Å². The van der Waals surface area contributed by atoms with Crippen molar-refractivity contribution in [1.29, 1.82) is 5.26 Å². The van der Waals surface area contributed by atoms with Crippen LogP contribution in [0.3, 0.4) is 0 Å². The van der Waals surface area contributed by atoms with Crippen LogP contribution in [0.15, 0.2) is 47.5 Å². The summed E-state index contributed by atoms with van der Waals surface area (Å²) in [5, 5.41) is 12.1. The van der Waals surface area contributed by atoms with Gasteiger partial charge in [0, 0.05) is 26.8 Å². The summed E-state index contributed by atoms with van der Waals surface area (Å²) in [4.78, 5) is 4.34. The molecular formula is C15H16N4O2S. The standard InChI is InChI=1S/C15H16N4O2S/c1-19(2)22(20,21)14-8-4-3-6-13(14)11-18-15-12(10-16)7-5-9-17-15/h3-9H,11H2,1-2H3,(H,17,18). The minimum Gasteiger partial charge on any atom is -0.365 e. The van der Waals surface area contributed by atoms with E-state index in [9.17, 15) is 8.42 Å². The minimum absolute atomic E-state index is 0.238. The second kappa shape index (κ2) is 6.56. The average molecular weight is 316 g/mol. The summed E-state index contributed by atoms with van der Waals surface area (Å²) >= 11 is 0. The Labute approximate surface area is 130 Å². The van der Waals surface area contributed by atoms with Crippen LogP contribution in [0.5, 0.6) is 0 Å². The van der Waals surface area contributed by atoms with Crippen LogP contribution < -0.4 is 5.32 Å². The Morgan fingerprint density at radius 1 is 1.23 bits per heavy atom. The third kappa shape index (κ3) is 3.24. The Morgan fingerprint density at radius 2 is 1.95 bits per heavy atom. The highest BCUT2D eigenvalue weighted by Crippen LogP contribution is 2.20. The number of aromatic nitrogens is 1. The molecule has 1 heterocycles. The fourth-order valence-electron chi connectivity index (χ4n) is 1.91. The normalized spacial score (nSPS) is 11.2. The van der Waals surface area contributed by atoms with Gasteiger partial charge in [-0.3, -0.25) is 0 Å². The van der Waals surface area contributed by atoms with E-state index in [1.54, 1.807) is 42.6 Å². The first-order valence-corrected chi connectivity index (χ1v) is 8.00. The number of anilines is 1. The number of nitriles is 1. The van der Waals surface area contributed by atoms with E-state index in [0.717, 1.165) is 0 Å². The fraction of sp³-hybridized carbons (Fsp3) is 0.200. The molecule has 0 saturated carbocycles. The zero-order valence-electron chi connectivity index (χ0n) is 12.3. The number of rotatable bonds is 5. The minimum atomic E-state index is -3.52. The van der Waals surface area contributed by atoms with Gasteiger partial charge in [0.25, 0.3) is 0 Å². The molecule has 1 aromatic heterocycles. The van der Waals surface area contributed by atoms with Gasteiger partial charge in [-0.25, -0.2) is 17.7 Å². The monoisotopic (exact) mass is 316 g/mol. The second-order valence-corrected chi connectivity index (χ2v) is 6.88. The molecule has 0 aliphatic rings. The maximum absolute atomic E-state index is 12.3. The van der Waals surface area contributed by atoms with Crippen LogP contribution in [-0.4, -0.2) is 31.8 Å². The van der Waals surface area contributed by atoms with Crippen molar-refractivity contribution in [3.05, 3.63) is 53.7 Å². The van der Waals surface area contributed by atoms with E-state index in [0.29, 0.717) is 16.9 Å². The van der Waals surface area contributed by atoms with Gasteiger partial charge in [-0.15, -0.1) is 0 Å². The number of hydrogen-bond acceptors (Lipinski definition) is 5. The molecule has 1 N–H and O–H groups in total. The first-order valence-electron chi connectivity index (χ1n) is 6.56. The van der Waals surface area contributed by atoms with E-state index in [1.807, 2.05) is 6.07 Å². The maximum atomic E-state index is 12.3. The zero-order valence-corrected chi connectivity index (χ0v) is 13.1. The topological polar surface area (TPSA) is 86.1 Å². The largest absolute Gasteiger partial charge is 0.365 e. The van der Waals surface area contributed by atoms with Crippen LogP contribution >= 0.6 is 0 Å². The fourth-order valence-corrected chi connectivity index (χ4v) is 3.03. The number of pyridine rings is 1. The Hall–Kier alpha value is -2.43. The first kappa shape index (κ1) is 15.9. The van der Waals surface area contributed by atoms with Crippen LogP contribution in [-0.2, 0) is 16.6 Å². The molecule has 6 nitrogen and oxygen atoms in total. The molecule has 22 heavy (non-hydrogen) atoms. The van der Waals surface area contributed by atoms with E-state index in [4.69, 9.17) is 5.26 Å². The maximum Gasteiger partial charge on any atom is 0.242 e. The lowest BCUT2D eigenvalue weighted by molar-refractivity contribution is 0.520. The van der Waals surface area contributed by atoms with Crippen LogP contribution in [0.2, 0.25) is 0 Å². The smallest absolute Gasteiger partial charge is 0.242 e. The summed E-state index contributed by atoms with van der Waals surface area (Å²) in [5.41, 5.74) is 1.03. The molecule has 7 heteroatoms. The lowest BCUT2D eigenvalue weighted by Gasteiger charge is -2.15. The third-order valence-corrected chi connectivity index (χ3v) is 5.02. The highest BCUT2D eigenvalue weighted by molar-refractivity contribution is 7.89. The quantitative estimate of drug-likeness (QED) is 0.909. The Balaban J connectivity index is 2.31. The molecule has 1 aromatic carbocycles. The molecule has 0 amide bonds. The van der Waals surface area contributed by atoms with Crippen molar-refractivity contribution in [2.45, 2.75) is 11.4 Å². The molecule has 114 valence electrons. The summed E-state index contributed by atoms with van der Waals surface area (Å²) in [5.74, 6) is 0.432. The summed E-state index contributed by atoms with van der Waals surface area (Å²) in [7, 11) is -0.535. The van der Waals surface area contributed by atoms with E-state index >= 15 is 0 Å². The third-order valence-electron chi connectivity index (χ3n) is 3.11. The van der Waals surface area contributed by atoms with Crippen molar-refractivity contribution in [3.8, 4) is 6.07 Å². The molecular weight excluding hydrogens is 300 g/mol. The van der Waals surface area contributed by atoms with Crippen molar-refractivity contribution in [3.63, 3.8) is 0 Å². The van der Waals surface area contributed by atoms with Crippen LogP contribution in [0.25, 0.3) is 0 Å². The molecule has 0 fully saturated rings. The van der Waals surface area contributed by atoms with Crippen molar-refractivity contribution >= 4 is 15.8 Å². The molecule has 0 bridgehead atoms. The SMILES string of the molecule is CN(C)S(=O)(=O)c1ccccc1CNc1ncccc1C#N. The predicted octanol–water partition coefficient (Wildman–Crippen LogP) is 1.82. The van der Waals surface area contributed by atoms with Crippen molar-refractivity contribution in [1.82, 2.24) is 9.29 Å². The van der Waals surface area contributed by atoms with Gasteiger partial charge in [-0.2, -0.15) is 5.26 Å². The van der Waals surface area contributed by atoms with Gasteiger partial charge < -0.3 is 5.32 Å². The number of benzene rings is 1. The number of sulfonamides is 1. The summed E-state index contributed by atoms with van der Waals surface area (Å²) in [6, 6.07) is 12.1. The van der Waals surface area contributed by atoms with Gasteiger partial charge in [0.05, 0.1) is 10.5 Å². The van der Waals surface area contributed by atoms with E-state index in [2.05, 4.69) is 10.3 Å². The number of nitrogens with zero attached hydrogens (tertiary/aromatic N) is 3. The van der Waals surface area contributed by atoms with E-state index in [1.165, 1.54) is 18.4 Å². The van der Waals surface area contributed by atoms with E-state index < -0.39 is 10.0 Å². The molecule has 0 spiro atoms. The highest BCUT2D eigenvalue weighted by Gasteiger charge is 2.20. The van der Waals surface area contributed by atoms with Gasteiger partial charge in [0.1, 0.15) is 11.9 Å². The second-order valence-electron chi connectivity index (χ2n) is 4.76. The molecule has 0 aliphatic heterocycles. The number of nitrogens with one attached hydrogen (secondary N) is 1. The van der Waals surface area contributed by atoms with Gasteiger partial charge in [-0.05, 0) is 23.8 Å². The zero-order chi connectivity index (χ0) is 16.2. The molecule has 0 unspecified atom stereocenters. The lowest BCUT2D eigenvalue weighted by Crippen LogP contribution is -2.23. The predicted molar refractivity (Wildman–Crippen MR) is 83.6 cm³/mol. The molecule has 2 rings (SSSR count). The van der Waals surface area contributed by atoms with E-state index in [-0.39, 0.29) is 11.4 Å². The van der Waals surface area contributed by atoms with Crippen LogP contribution in [0.4, 0.5) is 5.82 Å². The number of hydrogen-bond donors (Lipinski definition) is 1. The van der Waals surface area contributed by atoms with Crippen LogP contribution in [0, 0.1) is 11.3 Å². The van der Waals surface area contributed by atoms with Gasteiger partial charge in [-0.1, -0.05) is 18.2 Å². The van der Waals surface area contributed by atoms with Crippen molar-refractivity contribution < 1.29 is 8.42 Å². The Bertz CT molecular complexity index is 810.